The third-order valence-corrected chi connectivity index (χ3v) is 3.77. The first kappa shape index (κ1) is 12.1. The number of nitrogens with one attached hydrogen (secondary N) is 1. The van der Waals surface area contributed by atoms with Gasteiger partial charge in [0.25, 0.3) is 0 Å². The van der Waals surface area contributed by atoms with Gasteiger partial charge in [0.05, 0.1) is 11.1 Å². The van der Waals surface area contributed by atoms with E-state index in [0.717, 1.165) is 41.7 Å². The summed E-state index contributed by atoms with van der Waals surface area (Å²) in [5.41, 5.74) is 3.08. The highest BCUT2D eigenvalue weighted by molar-refractivity contribution is 6.03. The summed E-state index contributed by atoms with van der Waals surface area (Å²) in [6.45, 7) is 3.82. The van der Waals surface area contributed by atoms with Crippen molar-refractivity contribution in [2.45, 2.75) is 19.3 Å². The van der Waals surface area contributed by atoms with Gasteiger partial charge in [0.2, 0.25) is 0 Å². The van der Waals surface area contributed by atoms with Crippen LogP contribution in [-0.2, 0) is 0 Å². The van der Waals surface area contributed by atoms with E-state index in [4.69, 9.17) is 4.98 Å². The van der Waals surface area contributed by atoms with E-state index in [1.807, 2.05) is 25.1 Å². The van der Waals surface area contributed by atoms with Gasteiger partial charge in [-0.15, -0.1) is 0 Å². The molecule has 1 aromatic carbocycles. The van der Waals surface area contributed by atoms with Gasteiger partial charge in [0.1, 0.15) is 0 Å². The van der Waals surface area contributed by atoms with Gasteiger partial charge in [-0.05, 0) is 31.5 Å². The molecule has 0 spiro atoms. The molecule has 3 rings (SSSR count). The van der Waals surface area contributed by atoms with Gasteiger partial charge in [0.15, 0.2) is 0 Å². The molecule has 1 fully saturated rings. The van der Waals surface area contributed by atoms with Crippen molar-refractivity contribution in [2.75, 3.05) is 13.1 Å². The Morgan fingerprint density at radius 1 is 1.47 bits per heavy atom. The van der Waals surface area contributed by atoms with Crippen LogP contribution in [0.25, 0.3) is 10.9 Å². The van der Waals surface area contributed by atoms with Gasteiger partial charge >= 0.3 is 5.97 Å². The molecule has 2 heterocycles. The average Bonchev–Trinajstić information content (AvgIpc) is 2.92. The number of carboxylic acid groups (broad SMARTS) is 1. The van der Waals surface area contributed by atoms with E-state index in [1.165, 1.54) is 0 Å². The summed E-state index contributed by atoms with van der Waals surface area (Å²) in [6.07, 6.45) is 1.02. The number of rotatable bonds is 2. The van der Waals surface area contributed by atoms with E-state index in [2.05, 4.69) is 5.32 Å². The molecule has 19 heavy (non-hydrogen) atoms. The van der Waals surface area contributed by atoms with E-state index in [0.29, 0.717) is 11.5 Å². The number of hydrogen-bond acceptors (Lipinski definition) is 3. The second kappa shape index (κ2) is 4.63. The molecular formula is C15H16N2O2. The molecule has 0 aliphatic carbocycles. The highest BCUT2D eigenvalue weighted by Crippen LogP contribution is 2.27. The number of benzene rings is 1. The van der Waals surface area contributed by atoms with Crippen LogP contribution in [0.5, 0.6) is 0 Å². The normalized spacial score (nSPS) is 18.9. The minimum atomic E-state index is -0.884. The molecule has 4 heteroatoms. The molecule has 1 aromatic heterocycles. The van der Waals surface area contributed by atoms with Gasteiger partial charge < -0.3 is 10.4 Å². The van der Waals surface area contributed by atoms with E-state index >= 15 is 0 Å². The molecule has 0 radical (unpaired) electrons. The molecule has 1 saturated heterocycles. The number of aromatic nitrogens is 1. The monoisotopic (exact) mass is 256 g/mol. The lowest BCUT2D eigenvalue weighted by atomic mass is 9.98. The number of pyridine rings is 1. The molecular weight excluding hydrogens is 240 g/mol. The summed E-state index contributed by atoms with van der Waals surface area (Å²) in [6, 6.07) is 7.41. The Bertz CT molecular complexity index is 646. The summed E-state index contributed by atoms with van der Waals surface area (Å²) in [5.74, 6) is -0.563. The molecule has 1 unspecified atom stereocenters. The summed E-state index contributed by atoms with van der Waals surface area (Å²) in [7, 11) is 0. The van der Waals surface area contributed by atoms with Gasteiger partial charge in [-0.2, -0.15) is 0 Å². The summed E-state index contributed by atoms with van der Waals surface area (Å²) < 4.78 is 0. The standard InChI is InChI=1S/C15H16N2O2/c1-9-3-2-4-11-12(15(18)19)7-13(17-14(9)11)10-5-6-16-8-10/h2-4,7,10,16H,5-6,8H2,1H3,(H,18,19). The van der Waals surface area contributed by atoms with E-state index in [9.17, 15) is 9.90 Å². The molecule has 0 saturated carbocycles. The van der Waals surface area contributed by atoms with Crippen LogP contribution >= 0.6 is 0 Å². The van der Waals surface area contributed by atoms with E-state index < -0.39 is 5.97 Å². The zero-order valence-electron chi connectivity index (χ0n) is 10.8. The Labute approximate surface area is 111 Å². The predicted octanol–water partition coefficient (Wildman–Crippen LogP) is 2.32. The smallest absolute Gasteiger partial charge is 0.336 e. The molecule has 0 amide bonds. The molecule has 0 bridgehead atoms. The number of nitrogens with zero attached hydrogens (tertiary/aromatic N) is 1. The second-order valence-corrected chi connectivity index (χ2v) is 5.06. The molecule has 1 aliphatic rings. The molecule has 2 aromatic rings. The summed E-state index contributed by atoms with van der Waals surface area (Å²) >= 11 is 0. The number of carboxylic acids is 1. The van der Waals surface area contributed by atoms with E-state index in [1.54, 1.807) is 6.07 Å². The Balaban J connectivity index is 2.25. The first-order valence-electron chi connectivity index (χ1n) is 6.51. The topological polar surface area (TPSA) is 62.2 Å². The molecule has 1 atom stereocenters. The Kier molecular flexibility index (Phi) is 2.95. The van der Waals surface area contributed by atoms with Crippen LogP contribution in [0.2, 0.25) is 0 Å². The SMILES string of the molecule is Cc1cccc2c(C(=O)O)cc(C3CCNC3)nc12. The first-order chi connectivity index (χ1) is 9.16. The van der Waals surface area contributed by atoms with Crippen molar-refractivity contribution < 1.29 is 9.90 Å². The van der Waals surface area contributed by atoms with E-state index in [-0.39, 0.29) is 0 Å². The van der Waals surface area contributed by atoms with Crippen LogP contribution in [0.3, 0.4) is 0 Å². The van der Waals surface area contributed by atoms with Gasteiger partial charge in [-0.3, -0.25) is 4.98 Å². The number of carbonyl (C=O) groups is 1. The van der Waals surface area contributed by atoms with Crippen LogP contribution in [0.1, 0.15) is 34.0 Å². The second-order valence-electron chi connectivity index (χ2n) is 5.06. The zero-order chi connectivity index (χ0) is 13.4. The van der Waals surface area contributed by atoms with Crippen molar-refractivity contribution >= 4 is 16.9 Å². The molecule has 2 N–H and O–H groups in total. The minimum Gasteiger partial charge on any atom is -0.478 e. The average molecular weight is 256 g/mol. The van der Waals surface area contributed by atoms with Gasteiger partial charge in [-0.1, -0.05) is 18.2 Å². The Hall–Kier alpha value is -1.94. The van der Waals surface area contributed by atoms with Crippen molar-refractivity contribution in [1.82, 2.24) is 10.3 Å². The fourth-order valence-corrected chi connectivity index (χ4v) is 2.70. The maximum absolute atomic E-state index is 11.4. The van der Waals surface area contributed by atoms with Crippen LogP contribution in [0.4, 0.5) is 0 Å². The third kappa shape index (κ3) is 2.08. The minimum absolute atomic E-state index is 0.321. The number of fused-ring (bicyclic) bond motifs is 1. The third-order valence-electron chi connectivity index (χ3n) is 3.77. The summed E-state index contributed by atoms with van der Waals surface area (Å²) in [4.78, 5) is 16.1. The lowest BCUT2D eigenvalue weighted by Crippen LogP contribution is -2.10. The van der Waals surface area contributed by atoms with Crippen LogP contribution < -0.4 is 5.32 Å². The zero-order valence-corrected chi connectivity index (χ0v) is 10.8. The van der Waals surface area contributed by atoms with Gasteiger partial charge in [0, 0.05) is 23.5 Å². The Morgan fingerprint density at radius 3 is 3.00 bits per heavy atom. The van der Waals surface area contributed by atoms with Crippen molar-refractivity contribution in [2.24, 2.45) is 0 Å². The van der Waals surface area contributed by atoms with Crippen molar-refractivity contribution in [3.63, 3.8) is 0 Å². The molecule has 98 valence electrons. The van der Waals surface area contributed by atoms with Crippen molar-refractivity contribution in [3.8, 4) is 0 Å². The fourth-order valence-electron chi connectivity index (χ4n) is 2.70. The van der Waals surface area contributed by atoms with Gasteiger partial charge in [-0.25, -0.2) is 4.79 Å². The maximum Gasteiger partial charge on any atom is 0.336 e. The number of aryl methyl sites for hydroxylation is 1. The quantitative estimate of drug-likeness (QED) is 0.865. The van der Waals surface area contributed by atoms with Crippen LogP contribution in [-0.4, -0.2) is 29.1 Å². The largest absolute Gasteiger partial charge is 0.478 e. The molecule has 4 nitrogen and oxygen atoms in total. The number of para-hydroxylation sites is 1. The lowest BCUT2D eigenvalue weighted by Gasteiger charge is -2.12. The highest BCUT2D eigenvalue weighted by atomic mass is 16.4. The van der Waals surface area contributed by atoms with Crippen molar-refractivity contribution in [3.05, 3.63) is 41.1 Å². The lowest BCUT2D eigenvalue weighted by molar-refractivity contribution is 0.0699. The number of aromatic carboxylic acids is 1. The first-order valence-corrected chi connectivity index (χ1v) is 6.51. The summed E-state index contributed by atoms with van der Waals surface area (Å²) in [5, 5.41) is 13.4. The molecule has 1 aliphatic heterocycles. The highest BCUT2D eigenvalue weighted by Gasteiger charge is 2.21. The Morgan fingerprint density at radius 2 is 2.32 bits per heavy atom. The predicted molar refractivity (Wildman–Crippen MR) is 73.7 cm³/mol. The van der Waals surface area contributed by atoms with Crippen LogP contribution in [0.15, 0.2) is 24.3 Å². The maximum atomic E-state index is 11.4. The number of hydrogen-bond donors (Lipinski definition) is 2. The van der Waals surface area contributed by atoms with Crippen molar-refractivity contribution in [1.29, 1.82) is 0 Å². The fraction of sp³-hybridized carbons (Fsp3) is 0.333. The van der Waals surface area contributed by atoms with Crippen LogP contribution in [0, 0.1) is 6.92 Å².